The Balaban J connectivity index is 2.41. The molecule has 0 bridgehead atoms. The van der Waals surface area contributed by atoms with Gasteiger partial charge in [-0.1, -0.05) is 0 Å². The molecule has 1 aliphatic heterocycles. The topological polar surface area (TPSA) is 98.8 Å². The number of thiophene rings is 1. The molecule has 0 unspecified atom stereocenters. The number of methoxy groups -OCH3 is 1. The predicted octanol–water partition coefficient (Wildman–Crippen LogP) is 0.981. The Hall–Kier alpha value is -1.45. The van der Waals surface area contributed by atoms with Crippen molar-refractivity contribution in [2.75, 3.05) is 31.4 Å². The monoisotopic (exact) mass is 347 g/mol. The summed E-state index contributed by atoms with van der Waals surface area (Å²) >= 11 is 1.11. The number of sulfone groups is 1. The molecule has 9 heteroatoms. The summed E-state index contributed by atoms with van der Waals surface area (Å²) in [6.07, 6.45) is 0.252. The second-order valence-corrected chi connectivity index (χ2v) is 8.04. The number of nitrogens with one attached hydrogen (secondary N) is 1. The number of hydrogen-bond donors (Lipinski definition) is 1. The number of rotatable bonds is 5. The Morgan fingerprint density at radius 3 is 2.73 bits per heavy atom. The largest absolute Gasteiger partial charge is 0.462 e. The maximum Gasteiger partial charge on any atom is 0.341 e. The molecule has 1 N–H and O–H groups in total. The minimum Gasteiger partial charge on any atom is -0.462 e. The van der Waals surface area contributed by atoms with E-state index in [0.29, 0.717) is 15.4 Å². The summed E-state index contributed by atoms with van der Waals surface area (Å²) < 4.78 is 33.2. The molecule has 2 heterocycles. The summed E-state index contributed by atoms with van der Waals surface area (Å²) in [5, 5.41) is 2.92. The molecule has 0 atom stereocenters. The predicted molar refractivity (Wildman–Crippen MR) is 82.0 cm³/mol. The maximum absolute atomic E-state index is 12.2. The number of ether oxygens (including phenoxy) is 2. The van der Waals surface area contributed by atoms with Gasteiger partial charge in [-0.2, -0.15) is 0 Å². The average Bonchev–Trinajstić information content (AvgIpc) is 2.74. The quantitative estimate of drug-likeness (QED) is 0.797. The molecule has 22 heavy (non-hydrogen) atoms. The van der Waals surface area contributed by atoms with E-state index in [1.54, 1.807) is 6.92 Å². The Labute approximate surface area is 132 Å². The second kappa shape index (κ2) is 6.76. The van der Waals surface area contributed by atoms with Crippen LogP contribution >= 0.6 is 11.3 Å². The number of esters is 1. The molecule has 1 amide bonds. The second-order valence-electron chi connectivity index (χ2n) is 4.75. The highest BCUT2D eigenvalue weighted by Crippen LogP contribution is 2.38. The highest BCUT2D eigenvalue weighted by atomic mass is 32.2. The first-order chi connectivity index (χ1) is 10.4. The fraction of sp³-hybridized carbons (Fsp3) is 0.538. The van der Waals surface area contributed by atoms with Gasteiger partial charge in [0, 0.05) is 12.0 Å². The van der Waals surface area contributed by atoms with Crippen LogP contribution in [0, 0.1) is 0 Å². The summed E-state index contributed by atoms with van der Waals surface area (Å²) in [4.78, 5) is 24.4. The summed E-state index contributed by atoms with van der Waals surface area (Å²) in [6, 6.07) is 0. The van der Waals surface area contributed by atoms with E-state index in [4.69, 9.17) is 9.47 Å². The number of hydrogen-bond acceptors (Lipinski definition) is 7. The van der Waals surface area contributed by atoms with Gasteiger partial charge in [-0.3, -0.25) is 4.79 Å². The lowest BCUT2D eigenvalue weighted by Gasteiger charge is -2.13. The Morgan fingerprint density at radius 1 is 1.36 bits per heavy atom. The SMILES string of the molecule is CCOC(=O)c1c(NC(=O)COC)sc2c1CCS(=O)(=O)C2. The summed E-state index contributed by atoms with van der Waals surface area (Å²) in [7, 11) is -1.77. The van der Waals surface area contributed by atoms with Crippen LogP contribution in [0.15, 0.2) is 0 Å². The smallest absolute Gasteiger partial charge is 0.341 e. The standard InChI is InChI=1S/C13H17NO6S2/c1-3-20-13(16)11-8-4-5-22(17,18)7-9(8)21-12(11)14-10(15)6-19-2/h3-7H2,1-2H3,(H,14,15). The number of carbonyl (C=O) groups excluding carboxylic acids is 2. The Bertz CT molecular complexity index is 692. The zero-order chi connectivity index (χ0) is 16.3. The van der Waals surface area contributed by atoms with Crippen LogP contribution in [0.25, 0.3) is 0 Å². The van der Waals surface area contributed by atoms with E-state index in [2.05, 4.69) is 5.32 Å². The van der Waals surface area contributed by atoms with E-state index in [1.807, 2.05) is 0 Å². The van der Waals surface area contributed by atoms with Gasteiger partial charge in [-0.25, -0.2) is 13.2 Å². The van der Waals surface area contributed by atoms with Gasteiger partial charge in [0.25, 0.3) is 5.91 Å². The van der Waals surface area contributed by atoms with Crippen molar-refractivity contribution in [2.24, 2.45) is 0 Å². The maximum atomic E-state index is 12.2. The third-order valence-corrected chi connectivity index (χ3v) is 6.00. The van der Waals surface area contributed by atoms with Crippen LogP contribution in [0.4, 0.5) is 5.00 Å². The van der Waals surface area contributed by atoms with E-state index >= 15 is 0 Å². The van der Waals surface area contributed by atoms with Crippen molar-refractivity contribution in [3.05, 3.63) is 16.0 Å². The van der Waals surface area contributed by atoms with Crippen molar-refractivity contribution in [3.63, 3.8) is 0 Å². The average molecular weight is 347 g/mol. The molecule has 0 aromatic carbocycles. The summed E-state index contributed by atoms with van der Waals surface area (Å²) in [6.45, 7) is 1.74. The minimum atomic E-state index is -3.16. The molecule has 0 saturated heterocycles. The fourth-order valence-electron chi connectivity index (χ4n) is 2.22. The normalized spacial score (nSPS) is 15.9. The van der Waals surface area contributed by atoms with E-state index in [1.165, 1.54) is 7.11 Å². The van der Waals surface area contributed by atoms with Crippen LogP contribution < -0.4 is 5.32 Å². The first kappa shape index (κ1) is 16.9. The van der Waals surface area contributed by atoms with Gasteiger partial charge in [0.05, 0.1) is 23.7 Å². The zero-order valence-electron chi connectivity index (χ0n) is 12.3. The zero-order valence-corrected chi connectivity index (χ0v) is 13.9. The van der Waals surface area contributed by atoms with Crippen LogP contribution in [0.1, 0.15) is 27.7 Å². The van der Waals surface area contributed by atoms with Gasteiger partial charge < -0.3 is 14.8 Å². The lowest BCUT2D eigenvalue weighted by atomic mass is 10.1. The first-order valence-electron chi connectivity index (χ1n) is 6.68. The van der Waals surface area contributed by atoms with Crippen LogP contribution in [-0.2, 0) is 36.3 Å². The summed E-state index contributed by atoms with van der Waals surface area (Å²) in [5.41, 5.74) is 0.923. The Kier molecular flexibility index (Phi) is 5.20. The fourth-order valence-corrected chi connectivity index (χ4v) is 5.28. The van der Waals surface area contributed by atoms with Crippen molar-refractivity contribution in [1.29, 1.82) is 0 Å². The number of carbonyl (C=O) groups is 2. The van der Waals surface area contributed by atoms with E-state index in [-0.39, 0.29) is 36.7 Å². The van der Waals surface area contributed by atoms with Crippen molar-refractivity contribution in [1.82, 2.24) is 0 Å². The molecule has 7 nitrogen and oxygen atoms in total. The molecule has 2 rings (SSSR count). The third-order valence-electron chi connectivity index (χ3n) is 3.11. The van der Waals surface area contributed by atoms with Gasteiger partial charge in [0.2, 0.25) is 0 Å². The molecule has 1 aromatic heterocycles. The third kappa shape index (κ3) is 3.65. The van der Waals surface area contributed by atoms with Crippen molar-refractivity contribution < 1.29 is 27.5 Å². The van der Waals surface area contributed by atoms with Crippen LogP contribution in [0.3, 0.4) is 0 Å². The minimum absolute atomic E-state index is 0.00536. The number of amides is 1. The molecular weight excluding hydrogens is 330 g/mol. The molecule has 1 aromatic rings. The van der Waals surface area contributed by atoms with Crippen LogP contribution in [-0.4, -0.2) is 46.4 Å². The first-order valence-corrected chi connectivity index (χ1v) is 9.32. The van der Waals surface area contributed by atoms with Gasteiger partial charge in [-0.15, -0.1) is 11.3 Å². The Morgan fingerprint density at radius 2 is 2.09 bits per heavy atom. The number of anilines is 1. The van der Waals surface area contributed by atoms with Gasteiger partial charge >= 0.3 is 5.97 Å². The highest BCUT2D eigenvalue weighted by Gasteiger charge is 2.31. The lowest BCUT2D eigenvalue weighted by Crippen LogP contribution is -2.21. The molecule has 0 saturated carbocycles. The number of fused-ring (bicyclic) bond motifs is 1. The highest BCUT2D eigenvalue weighted by molar-refractivity contribution is 7.90. The molecule has 0 spiro atoms. The van der Waals surface area contributed by atoms with E-state index in [0.717, 1.165) is 11.3 Å². The van der Waals surface area contributed by atoms with Crippen LogP contribution in [0.2, 0.25) is 0 Å². The van der Waals surface area contributed by atoms with E-state index in [9.17, 15) is 18.0 Å². The molecular formula is C13H17NO6S2. The van der Waals surface area contributed by atoms with Crippen molar-refractivity contribution in [2.45, 2.75) is 19.1 Å². The molecule has 1 aliphatic rings. The van der Waals surface area contributed by atoms with Crippen molar-refractivity contribution in [3.8, 4) is 0 Å². The molecule has 122 valence electrons. The summed E-state index contributed by atoms with van der Waals surface area (Å²) in [5.74, 6) is -1.07. The lowest BCUT2D eigenvalue weighted by molar-refractivity contribution is -0.119. The molecule has 0 radical (unpaired) electrons. The molecule has 0 aliphatic carbocycles. The van der Waals surface area contributed by atoms with Gasteiger partial charge in [0.1, 0.15) is 11.6 Å². The van der Waals surface area contributed by atoms with E-state index < -0.39 is 21.7 Å². The van der Waals surface area contributed by atoms with Gasteiger partial charge in [0.15, 0.2) is 9.84 Å². The molecule has 0 fully saturated rings. The van der Waals surface area contributed by atoms with Crippen molar-refractivity contribution >= 4 is 38.1 Å². The van der Waals surface area contributed by atoms with Crippen LogP contribution in [0.5, 0.6) is 0 Å². The van der Waals surface area contributed by atoms with Gasteiger partial charge in [-0.05, 0) is 18.9 Å².